The molecule has 3 aliphatic rings. The lowest BCUT2D eigenvalue weighted by Gasteiger charge is -2.50. The summed E-state index contributed by atoms with van der Waals surface area (Å²) in [4.78, 5) is 1.55. The molecule has 0 bridgehead atoms. The molecule has 0 aromatic heterocycles. The first-order chi connectivity index (χ1) is 13.2. The summed E-state index contributed by atoms with van der Waals surface area (Å²) in [6.45, 7) is 2.27. The van der Waals surface area contributed by atoms with Crippen LogP contribution in [0.5, 0.6) is 5.75 Å². The Morgan fingerprint density at radius 3 is 2.79 bits per heavy atom. The molecule has 0 heterocycles. The number of rotatable bonds is 4. The monoisotopic (exact) mass is 406 g/mol. The van der Waals surface area contributed by atoms with Crippen LogP contribution in [0.3, 0.4) is 0 Å². The molecule has 0 unspecified atom stereocenters. The van der Waals surface area contributed by atoms with E-state index in [0.29, 0.717) is 23.5 Å². The van der Waals surface area contributed by atoms with Crippen LogP contribution in [0.25, 0.3) is 0 Å². The summed E-state index contributed by atoms with van der Waals surface area (Å²) in [5.41, 5.74) is 2.59. The lowest BCUT2D eigenvalue weighted by atomic mass is 9.55. The molecule has 1 aromatic carbocycles. The molecule has 154 valence electrons. The Morgan fingerprint density at radius 2 is 2.04 bits per heavy atom. The fraction of sp³-hybridized carbons (Fsp3) is 0.667. The predicted octanol–water partition coefficient (Wildman–Crippen LogP) is 3.12. The topological polar surface area (TPSA) is 79.2 Å². The molecule has 3 aliphatic carbocycles. The van der Waals surface area contributed by atoms with Gasteiger partial charge < -0.3 is 14.2 Å². The highest BCUT2D eigenvalue weighted by atomic mass is 32.2. The van der Waals surface area contributed by atoms with Gasteiger partial charge in [0, 0.05) is 14.1 Å². The van der Waals surface area contributed by atoms with E-state index in [-0.39, 0.29) is 11.5 Å². The molecule has 1 aromatic rings. The van der Waals surface area contributed by atoms with E-state index in [1.807, 2.05) is 12.1 Å². The summed E-state index contributed by atoms with van der Waals surface area (Å²) in [6.07, 6.45) is 7.28. The van der Waals surface area contributed by atoms with Crippen molar-refractivity contribution < 1.29 is 17.7 Å². The zero-order valence-electron chi connectivity index (χ0n) is 16.8. The average molecular weight is 407 g/mol. The van der Waals surface area contributed by atoms with Crippen LogP contribution in [-0.4, -0.2) is 45.0 Å². The van der Waals surface area contributed by atoms with Crippen LogP contribution in [0.2, 0.25) is 0 Å². The zero-order valence-corrected chi connectivity index (χ0v) is 17.7. The summed E-state index contributed by atoms with van der Waals surface area (Å²) in [5.74, 6) is 2.03. The Morgan fingerprint density at radius 1 is 1.25 bits per heavy atom. The number of hydrogen-bond donors (Lipinski definition) is 1. The third-order valence-corrected chi connectivity index (χ3v) is 8.01. The van der Waals surface area contributed by atoms with Crippen molar-refractivity contribution in [1.82, 2.24) is 4.90 Å². The average Bonchev–Trinajstić information content (AvgIpc) is 2.94. The van der Waals surface area contributed by atoms with Crippen LogP contribution in [-0.2, 0) is 16.7 Å². The second-order valence-electron chi connectivity index (χ2n) is 9.11. The van der Waals surface area contributed by atoms with Crippen molar-refractivity contribution in [3.63, 3.8) is 0 Å². The van der Waals surface area contributed by atoms with E-state index in [9.17, 15) is 13.5 Å². The smallest absolute Gasteiger partial charge is 0.393 e. The molecule has 0 spiro atoms. The highest BCUT2D eigenvalue weighted by Crippen LogP contribution is 2.60. The number of benzene rings is 1. The van der Waals surface area contributed by atoms with Crippen molar-refractivity contribution in [3.8, 4) is 5.75 Å². The van der Waals surface area contributed by atoms with Crippen LogP contribution < -0.4 is 4.18 Å². The molecule has 0 aliphatic heterocycles. The predicted molar refractivity (Wildman–Crippen MR) is 109 cm³/mol. The molecule has 5 atom stereocenters. The Balaban J connectivity index is 1.55. The second-order valence-corrected chi connectivity index (χ2v) is 10.3. The van der Waals surface area contributed by atoms with Gasteiger partial charge in [-0.15, -0.1) is 4.40 Å². The van der Waals surface area contributed by atoms with Gasteiger partial charge in [-0.05, 0) is 85.0 Å². The molecular weight excluding hydrogens is 376 g/mol. The summed E-state index contributed by atoms with van der Waals surface area (Å²) in [7, 11) is -0.603. The number of nitrogens with zero attached hydrogens (tertiary/aromatic N) is 2. The molecule has 28 heavy (non-hydrogen) atoms. The first-order valence-electron chi connectivity index (χ1n) is 10.2. The first-order valence-corrected chi connectivity index (χ1v) is 11.5. The largest absolute Gasteiger partial charge is 0.429 e. The maximum absolute atomic E-state index is 12.0. The van der Waals surface area contributed by atoms with Gasteiger partial charge in [0.15, 0.2) is 0 Å². The first kappa shape index (κ1) is 19.7. The van der Waals surface area contributed by atoms with E-state index >= 15 is 0 Å². The van der Waals surface area contributed by atoms with E-state index in [1.165, 1.54) is 17.5 Å². The van der Waals surface area contributed by atoms with Gasteiger partial charge in [0.05, 0.1) is 6.10 Å². The molecule has 0 radical (unpaired) electrons. The molecule has 6 nitrogen and oxygen atoms in total. The highest BCUT2D eigenvalue weighted by molar-refractivity contribution is 7.85. The van der Waals surface area contributed by atoms with Gasteiger partial charge in [-0.2, -0.15) is 8.42 Å². The van der Waals surface area contributed by atoms with E-state index in [2.05, 4.69) is 11.3 Å². The van der Waals surface area contributed by atoms with E-state index in [4.69, 9.17) is 4.18 Å². The van der Waals surface area contributed by atoms with Crippen molar-refractivity contribution in [3.05, 3.63) is 29.3 Å². The van der Waals surface area contributed by atoms with Crippen molar-refractivity contribution in [2.24, 2.45) is 21.6 Å². The summed E-state index contributed by atoms with van der Waals surface area (Å²) >= 11 is 0. The van der Waals surface area contributed by atoms with Crippen molar-refractivity contribution in [2.75, 3.05) is 14.1 Å². The fourth-order valence-electron chi connectivity index (χ4n) is 5.88. The standard InChI is InChI=1S/C21H30N2O4S/c1-21-11-10-17-16-7-5-15(27-28(25,26)22-13-23(2)3)12-14(16)4-6-18(17)19(21)8-9-20(21)24/h5,7,12-13,17-20,24H,4,6,8-11H2,1-3H3/b22-13+/t17-,18-,19+,20+,21+/m1/s1. The third kappa shape index (κ3) is 3.43. The molecule has 2 saturated carbocycles. The minimum atomic E-state index is -4.01. The lowest BCUT2D eigenvalue weighted by molar-refractivity contribution is -0.0226. The number of aliphatic hydroxyl groups is 1. The van der Waals surface area contributed by atoms with Crippen LogP contribution in [0, 0.1) is 17.3 Å². The molecule has 7 heteroatoms. The number of hydrogen-bond acceptors (Lipinski definition) is 4. The Labute approximate surface area is 167 Å². The number of fused-ring (bicyclic) bond motifs is 5. The maximum atomic E-state index is 12.0. The zero-order chi connectivity index (χ0) is 20.1. The van der Waals surface area contributed by atoms with Crippen LogP contribution in [0.15, 0.2) is 22.6 Å². The minimum Gasteiger partial charge on any atom is -0.393 e. The van der Waals surface area contributed by atoms with Crippen molar-refractivity contribution in [2.45, 2.75) is 57.5 Å². The van der Waals surface area contributed by atoms with Gasteiger partial charge in [-0.25, -0.2) is 0 Å². The van der Waals surface area contributed by atoms with Crippen LogP contribution in [0.4, 0.5) is 0 Å². The van der Waals surface area contributed by atoms with E-state index in [0.717, 1.165) is 38.5 Å². The Hall–Kier alpha value is -1.60. The van der Waals surface area contributed by atoms with Crippen LogP contribution >= 0.6 is 0 Å². The van der Waals surface area contributed by atoms with Crippen molar-refractivity contribution in [1.29, 1.82) is 0 Å². The lowest BCUT2D eigenvalue weighted by Crippen LogP contribution is -2.43. The van der Waals surface area contributed by atoms with E-state index < -0.39 is 10.3 Å². The van der Waals surface area contributed by atoms with E-state index in [1.54, 1.807) is 25.1 Å². The quantitative estimate of drug-likeness (QED) is 0.614. The molecular formula is C21H30N2O4S. The fourth-order valence-corrected chi connectivity index (χ4v) is 6.57. The molecule has 0 saturated heterocycles. The Bertz CT molecular complexity index is 882. The normalized spacial score (nSPS) is 34.6. The van der Waals surface area contributed by atoms with Crippen molar-refractivity contribution >= 4 is 16.6 Å². The Kier molecular flexibility index (Phi) is 4.94. The SMILES string of the molecule is CN(C)/C=N/S(=O)(=O)Oc1ccc2c(c1)CC[C@@H]1[C@@H]2CC[C@]2(C)[C@@H](O)CC[C@@H]12. The van der Waals surface area contributed by atoms with Crippen LogP contribution in [0.1, 0.15) is 56.1 Å². The summed E-state index contributed by atoms with van der Waals surface area (Å²) in [5, 5.41) is 10.5. The summed E-state index contributed by atoms with van der Waals surface area (Å²) < 4.78 is 32.7. The third-order valence-electron chi connectivity index (χ3n) is 7.26. The number of aryl methyl sites for hydroxylation is 1. The van der Waals surface area contributed by atoms with Gasteiger partial charge in [-0.3, -0.25) is 0 Å². The second kappa shape index (κ2) is 7.02. The molecule has 2 fully saturated rings. The van der Waals surface area contributed by atoms with Gasteiger partial charge in [-0.1, -0.05) is 13.0 Å². The van der Waals surface area contributed by atoms with Gasteiger partial charge >= 0.3 is 10.3 Å². The number of aliphatic hydroxyl groups excluding tert-OH is 1. The summed E-state index contributed by atoms with van der Waals surface area (Å²) in [6, 6.07) is 5.66. The molecule has 4 rings (SSSR count). The van der Waals surface area contributed by atoms with Gasteiger partial charge in [0.25, 0.3) is 0 Å². The van der Waals surface area contributed by atoms with Gasteiger partial charge in [0.2, 0.25) is 0 Å². The van der Waals surface area contributed by atoms with Gasteiger partial charge in [0.1, 0.15) is 12.1 Å². The molecule has 0 amide bonds. The minimum absolute atomic E-state index is 0.0697. The highest BCUT2D eigenvalue weighted by Gasteiger charge is 2.54. The maximum Gasteiger partial charge on any atom is 0.429 e. The molecule has 1 N–H and O–H groups in total.